The first kappa shape index (κ1) is 14.1. The number of piperidine rings is 1. The SMILES string of the molecule is CC(Cc1nc(C2CCCC2)nn1C)C1CCCNC1. The number of aromatic nitrogens is 3. The average Bonchev–Trinajstić information content (AvgIpc) is 3.10. The molecule has 3 rings (SSSR count). The molecule has 1 aromatic rings. The van der Waals surface area contributed by atoms with Crippen molar-refractivity contribution in [1.82, 2.24) is 20.1 Å². The van der Waals surface area contributed by atoms with Crippen molar-refractivity contribution in [1.29, 1.82) is 0 Å². The minimum atomic E-state index is 0.626. The molecule has 1 aliphatic carbocycles. The van der Waals surface area contributed by atoms with E-state index in [1.807, 2.05) is 4.68 Å². The molecule has 1 N–H and O–H groups in total. The monoisotopic (exact) mass is 276 g/mol. The number of aryl methyl sites for hydroxylation is 1. The van der Waals surface area contributed by atoms with E-state index in [1.165, 1.54) is 57.4 Å². The van der Waals surface area contributed by atoms with Crippen LogP contribution in [0.2, 0.25) is 0 Å². The highest BCUT2D eigenvalue weighted by Gasteiger charge is 2.25. The van der Waals surface area contributed by atoms with E-state index < -0.39 is 0 Å². The second-order valence-corrected chi connectivity index (χ2v) is 6.78. The highest BCUT2D eigenvalue weighted by molar-refractivity contribution is 5.02. The van der Waals surface area contributed by atoms with Gasteiger partial charge in [0.2, 0.25) is 0 Å². The van der Waals surface area contributed by atoms with Crippen LogP contribution < -0.4 is 5.32 Å². The molecule has 2 atom stereocenters. The summed E-state index contributed by atoms with van der Waals surface area (Å²) in [6.07, 6.45) is 9.02. The third kappa shape index (κ3) is 3.05. The first-order valence-corrected chi connectivity index (χ1v) is 8.34. The van der Waals surface area contributed by atoms with E-state index in [9.17, 15) is 0 Å². The fourth-order valence-electron chi connectivity index (χ4n) is 3.79. The smallest absolute Gasteiger partial charge is 0.154 e. The second-order valence-electron chi connectivity index (χ2n) is 6.78. The molecule has 0 spiro atoms. The average molecular weight is 276 g/mol. The lowest BCUT2D eigenvalue weighted by Crippen LogP contribution is -2.34. The molecule has 1 saturated carbocycles. The van der Waals surface area contributed by atoms with Crippen molar-refractivity contribution in [2.75, 3.05) is 13.1 Å². The molecule has 20 heavy (non-hydrogen) atoms. The molecule has 0 aromatic carbocycles. The van der Waals surface area contributed by atoms with Crippen LogP contribution in [0.15, 0.2) is 0 Å². The summed E-state index contributed by atoms with van der Waals surface area (Å²) < 4.78 is 2.03. The summed E-state index contributed by atoms with van der Waals surface area (Å²) >= 11 is 0. The third-order valence-electron chi connectivity index (χ3n) is 5.23. The zero-order valence-corrected chi connectivity index (χ0v) is 12.9. The van der Waals surface area contributed by atoms with E-state index in [0.717, 1.165) is 18.2 Å². The Labute approximate surface area is 122 Å². The number of rotatable bonds is 4. The minimum Gasteiger partial charge on any atom is -0.316 e. The largest absolute Gasteiger partial charge is 0.316 e. The maximum Gasteiger partial charge on any atom is 0.154 e. The van der Waals surface area contributed by atoms with Gasteiger partial charge < -0.3 is 5.32 Å². The Hall–Kier alpha value is -0.900. The summed E-state index contributed by atoms with van der Waals surface area (Å²) in [6.45, 7) is 4.75. The Morgan fingerprint density at radius 2 is 2.05 bits per heavy atom. The normalized spacial score (nSPS) is 26.0. The third-order valence-corrected chi connectivity index (χ3v) is 5.23. The maximum absolute atomic E-state index is 4.86. The zero-order valence-electron chi connectivity index (χ0n) is 12.9. The Morgan fingerprint density at radius 3 is 2.75 bits per heavy atom. The van der Waals surface area contributed by atoms with Crippen LogP contribution in [0.25, 0.3) is 0 Å². The molecule has 1 saturated heterocycles. The number of nitrogens with one attached hydrogen (secondary N) is 1. The summed E-state index contributed by atoms with van der Waals surface area (Å²) in [4.78, 5) is 4.86. The highest BCUT2D eigenvalue weighted by atomic mass is 15.3. The molecule has 2 unspecified atom stereocenters. The molecule has 0 bridgehead atoms. The fraction of sp³-hybridized carbons (Fsp3) is 0.875. The molecule has 4 heteroatoms. The van der Waals surface area contributed by atoms with Crippen LogP contribution in [0.1, 0.15) is 63.0 Å². The van der Waals surface area contributed by atoms with Crippen molar-refractivity contribution in [2.45, 2.75) is 57.8 Å². The van der Waals surface area contributed by atoms with Gasteiger partial charge in [-0.3, -0.25) is 4.68 Å². The predicted molar refractivity (Wildman–Crippen MR) is 80.7 cm³/mol. The van der Waals surface area contributed by atoms with E-state index in [1.54, 1.807) is 0 Å². The van der Waals surface area contributed by atoms with Gasteiger partial charge in [-0.25, -0.2) is 4.98 Å². The molecular weight excluding hydrogens is 248 g/mol. The van der Waals surface area contributed by atoms with E-state index in [0.29, 0.717) is 11.8 Å². The predicted octanol–water partition coefficient (Wildman–Crippen LogP) is 2.65. The quantitative estimate of drug-likeness (QED) is 0.919. The summed E-state index contributed by atoms with van der Waals surface area (Å²) in [5.74, 6) is 4.41. The fourth-order valence-corrected chi connectivity index (χ4v) is 3.79. The minimum absolute atomic E-state index is 0.626. The molecule has 0 amide bonds. The van der Waals surface area contributed by atoms with Crippen molar-refractivity contribution in [2.24, 2.45) is 18.9 Å². The van der Waals surface area contributed by atoms with Gasteiger partial charge >= 0.3 is 0 Å². The molecule has 2 fully saturated rings. The van der Waals surface area contributed by atoms with Crippen LogP contribution in [0.3, 0.4) is 0 Å². The van der Waals surface area contributed by atoms with Gasteiger partial charge in [-0.05, 0) is 50.6 Å². The van der Waals surface area contributed by atoms with Crippen molar-refractivity contribution in [3.8, 4) is 0 Å². The molecule has 1 aliphatic heterocycles. The topological polar surface area (TPSA) is 42.7 Å². The van der Waals surface area contributed by atoms with Gasteiger partial charge in [0.25, 0.3) is 0 Å². The van der Waals surface area contributed by atoms with Crippen LogP contribution in [0.5, 0.6) is 0 Å². The molecular formula is C16H28N4. The zero-order chi connectivity index (χ0) is 13.9. The van der Waals surface area contributed by atoms with E-state index in [2.05, 4.69) is 24.4 Å². The van der Waals surface area contributed by atoms with Gasteiger partial charge in [0.1, 0.15) is 5.82 Å². The summed E-state index contributed by atoms with van der Waals surface area (Å²) in [7, 11) is 2.06. The van der Waals surface area contributed by atoms with Crippen molar-refractivity contribution < 1.29 is 0 Å². The van der Waals surface area contributed by atoms with Crippen molar-refractivity contribution in [3.05, 3.63) is 11.6 Å². The number of hydrogen-bond donors (Lipinski definition) is 1. The lowest BCUT2D eigenvalue weighted by Gasteiger charge is -2.28. The standard InChI is InChI=1S/C16H28N4/c1-12(14-8-5-9-17-11-14)10-15-18-16(19-20(15)2)13-6-3-4-7-13/h12-14,17H,3-11H2,1-2H3. The molecule has 112 valence electrons. The molecule has 4 nitrogen and oxygen atoms in total. The lowest BCUT2D eigenvalue weighted by atomic mass is 9.85. The van der Waals surface area contributed by atoms with Crippen LogP contribution in [0.4, 0.5) is 0 Å². The molecule has 0 radical (unpaired) electrons. The lowest BCUT2D eigenvalue weighted by molar-refractivity contribution is 0.274. The molecule has 2 aliphatic rings. The maximum atomic E-state index is 4.86. The van der Waals surface area contributed by atoms with E-state index >= 15 is 0 Å². The first-order chi connectivity index (χ1) is 9.74. The van der Waals surface area contributed by atoms with Crippen LogP contribution in [-0.2, 0) is 13.5 Å². The summed E-state index contributed by atoms with van der Waals surface area (Å²) in [6, 6.07) is 0. The molecule has 1 aromatic heterocycles. The highest BCUT2D eigenvalue weighted by Crippen LogP contribution is 2.32. The van der Waals surface area contributed by atoms with Gasteiger partial charge in [-0.1, -0.05) is 19.8 Å². The van der Waals surface area contributed by atoms with Gasteiger partial charge in [0, 0.05) is 19.4 Å². The Bertz CT molecular complexity index is 428. The van der Waals surface area contributed by atoms with Crippen molar-refractivity contribution >= 4 is 0 Å². The first-order valence-electron chi connectivity index (χ1n) is 8.34. The number of hydrogen-bond acceptors (Lipinski definition) is 3. The van der Waals surface area contributed by atoms with Crippen LogP contribution in [0, 0.1) is 11.8 Å². The van der Waals surface area contributed by atoms with Gasteiger partial charge in [0.15, 0.2) is 5.82 Å². The summed E-state index contributed by atoms with van der Waals surface area (Å²) in [5.41, 5.74) is 0. The Balaban J connectivity index is 1.64. The molecule has 2 heterocycles. The van der Waals surface area contributed by atoms with E-state index in [4.69, 9.17) is 4.98 Å². The number of nitrogens with zero attached hydrogens (tertiary/aromatic N) is 3. The van der Waals surface area contributed by atoms with Gasteiger partial charge in [-0.2, -0.15) is 5.10 Å². The van der Waals surface area contributed by atoms with Crippen molar-refractivity contribution in [3.63, 3.8) is 0 Å². The Kier molecular flexibility index (Phi) is 4.39. The summed E-state index contributed by atoms with van der Waals surface area (Å²) in [5, 5.41) is 8.20. The second kappa shape index (κ2) is 6.25. The van der Waals surface area contributed by atoms with Gasteiger partial charge in [0.05, 0.1) is 0 Å². The van der Waals surface area contributed by atoms with Gasteiger partial charge in [-0.15, -0.1) is 0 Å². The van der Waals surface area contributed by atoms with Crippen LogP contribution in [-0.4, -0.2) is 27.9 Å². The van der Waals surface area contributed by atoms with E-state index in [-0.39, 0.29) is 0 Å². The van der Waals surface area contributed by atoms with Crippen LogP contribution >= 0.6 is 0 Å². The Morgan fingerprint density at radius 1 is 1.25 bits per heavy atom.